The molecule has 0 amide bonds. The molecular formula is C15H19NO2. The highest BCUT2D eigenvalue weighted by atomic mass is 16.5. The Morgan fingerprint density at radius 2 is 2.22 bits per heavy atom. The van der Waals surface area contributed by atoms with Crippen LogP contribution >= 0.6 is 0 Å². The van der Waals surface area contributed by atoms with Gasteiger partial charge >= 0.3 is 0 Å². The van der Waals surface area contributed by atoms with E-state index >= 15 is 0 Å². The second-order valence-corrected chi connectivity index (χ2v) is 4.55. The van der Waals surface area contributed by atoms with Gasteiger partial charge < -0.3 is 14.9 Å². The molecule has 3 heteroatoms. The highest BCUT2D eigenvalue weighted by Gasteiger charge is 2.05. The third-order valence-electron chi connectivity index (χ3n) is 2.82. The molecule has 0 radical (unpaired) electrons. The lowest BCUT2D eigenvalue weighted by Crippen LogP contribution is -2.25. The summed E-state index contributed by atoms with van der Waals surface area (Å²) >= 11 is 0. The van der Waals surface area contributed by atoms with Gasteiger partial charge in [-0.05, 0) is 49.1 Å². The second kappa shape index (κ2) is 6.26. The lowest BCUT2D eigenvalue weighted by Gasteiger charge is -2.11. The fraction of sp³-hybridized carbons (Fsp3) is 0.333. The maximum absolute atomic E-state index is 6.04. The van der Waals surface area contributed by atoms with E-state index in [1.165, 1.54) is 5.56 Å². The van der Waals surface area contributed by atoms with Crippen molar-refractivity contribution in [1.29, 1.82) is 0 Å². The zero-order valence-electron chi connectivity index (χ0n) is 10.6. The van der Waals surface area contributed by atoms with E-state index in [-0.39, 0.29) is 6.04 Å². The van der Waals surface area contributed by atoms with Gasteiger partial charge in [-0.15, -0.1) is 0 Å². The van der Waals surface area contributed by atoms with Crippen molar-refractivity contribution >= 4 is 0 Å². The van der Waals surface area contributed by atoms with Crippen LogP contribution in [0.25, 0.3) is 0 Å². The molecule has 96 valence electrons. The minimum Gasteiger partial charge on any atom is -0.494 e. The normalized spacial score (nSPS) is 12.3. The molecule has 0 aliphatic heterocycles. The smallest absolute Gasteiger partial charge is 0.119 e. The van der Waals surface area contributed by atoms with Crippen molar-refractivity contribution in [3.05, 3.63) is 54.0 Å². The zero-order valence-corrected chi connectivity index (χ0v) is 10.6. The van der Waals surface area contributed by atoms with Crippen molar-refractivity contribution in [1.82, 2.24) is 0 Å². The predicted octanol–water partition coefficient (Wildman–Crippen LogP) is 2.93. The minimum atomic E-state index is 0.104. The van der Waals surface area contributed by atoms with Gasteiger partial charge in [-0.3, -0.25) is 0 Å². The average molecular weight is 245 g/mol. The number of rotatable bonds is 6. The van der Waals surface area contributed by atoms with Crippen LogP contribution in [0, 0.1) is 6.92 Å². The monoisotopic (exact) mass is 245 g/mol. The fourth-order valence-corrected chi connectivity index (χ4v) is 1.85. The molecule has 2 N–H and O–H groups in total. The Labute approximate surface area is 108 Å². The van der Waals surface area contributed by atoms with Gasteiger partial charge in [-0.25, -0.2) is 0 Å². The number of hydrogen-bond acceptors (Lipinski definition) is 3. The summed E-state index contributed by atoms with van der Waals surface area (Å²) in [4.78, 5) is 0. The lowest BCUT2D eigenvalue weighted by molar-refractivity contribution is 0.297. The van der Waals surface area contributed by atoms with Crippen molar-refractivity contribution < 1.29 is 9.15 Å². The fourth-order valence-electron chi connectivity index (χ4n) is 1.85. The van der Waals surface area contributed by atoms with Gasteiger partial charge in [0.05, 0.1) is 19.1 Å². The van der Waals surface area contributed by atoms with Gasteiger partial charge in [-0.1, -0.05) is 12.1 Å². The third kappa shape index (κ3) is 3.93. The van der Waals surface area contributed by atoms with E-state index in [9.17, 15) is 0 Å². The van der Waals surface area contributed by atoms with Crippen LogP contribution in [-0.4, -0.2) is 12.6 Å². The van der Waals surface area contributed by atoms with E-state index < -0.39 is 0 Å². The minimum absolute atomic E-state index is 0.104. The Bertz CT molecular complexity index is 465. The van der Waals surface area contributed by atoms with E-state index in [0.717, 1.165) is 24.2 Å². The highest BCUT2D eigenvalue weighted by molar-refractivity contribution is 5.27. The van der Waals surface area contributed by atoms with Gasteiger partial charge in [0.1, 0.15) is 5.75 Å². The topological polar surface area (TPSA) is 48.4 Å². The number of aryl methyl sites for hydroxylation is 1. The van der Waals surface area contributed by atoms with Crippen LogP contribution in [0.4, 0.5) is 0 Å². The molecule has 1 heterocycles. The van der Waals surface area contributed by atoms with Gasteiger partial charge in [0.2, 0.25) is 0 Å². The third-order valence-corrected chi connectivity index (χ3v) is 2.82. The summed E-state index contributed by atoms with van der Waals surface area (Å²) in [6, 6.07) is 10.1. The standard InChI is InChI=1S/C15H19NO2/c1-12-3-2-4-15(9-12)18-8-6-14(16)10-13-5-7-17-11-13/h2-5,7,9,11,14H,6,8,10,16H2,1H3. The van der Waals surface area contributed by atoms with E-state index in [1.807, 2.05) is 24.3 Å². The van der Waals surface area contributed by atoms with E-state index in [1.54, 1.807) is 12.5 Å². The lowest BCUT2D eigenvalue weighted by atomic mass is 10.1. The summed E-state index contributed by atoms with van der Waals surface area (Å²) < 4.78 is 10.7. The number of ether oxygens (including phenoxy) is 1. The van der Waals surface area contributed by atoms with Crippen molar-refractivity contribution in [2.75, 3.05) is 6.61 Å². The van der Waals surface area contributed by atoms with Gasteiger partial charge in [0.25, 0.3) is 0 Å². The largest absolute Gasteiger partial charge is 0.494 e. The molecule has 2 rings (SSSR count). The summed E-state index contributed by atoms with van der Waals surface area (Å²) in [7, 11) is 0. The maximum Gasteiger partial charge on any atom is 0.119 e. The molecular weight excluding hydrogens is 226 g/mol. The Kier molecular flexibility index (Phi) is 4.42. The van der Waals surface area contributed by atoms with Crippen molar-refractivity contribution in [2.24, 2.45) is 5.73 Å². The molecule has 1 atom stereocenters. The molecule has 1 aromatic heterocycles. The van der Waals surface area contributed by atoms with Crippen molar-refractivity contribution in [2.45, 2.75) is 25.8 Å². The van der Waals surface area contributed by atoms with Crippen LogP contribution < -0.4 is 10.5 Å². The molecule has 18 heavy (non-hydrogen) atoms. The SMILES string of the molecule is Cc1cccc(OCCC(N)Cc2ccoc2)c1. The number of benzene rings is 1. The van der Waals surface area contributed by atoms with E-state index in [0.29, 0.717) is 6.61 Å². The molecule has 1 unspecified atom stereocenters. The van der Waals surface area contributed by atoms with Crippen LogP contribution in [0.15, 0.2) is 47.3 Å². The molecule has 0 saturated heterocycles. The number of furan rings is 1. The summed E-state index contributed by atoms with van der Waals surface area (Å²) in [5.74, 6) is 0.908. The Hall–Kier alpha value is -1.74. The molecule has 2 aromatic rings. The Balaban J connectivity index is 1.72. The highest BCUT2D eigenvalue weighted by Crippen LogP contribution is 2.13. The van der Waals surface area contributed by atoms with Gasteiger partial charge in [-0.2, -0.15) is 0 Å². The average Bonchev–Trinajstić information content (AvgIpc) is 2.82. The molecule has 1 aromatic carbocycles. The molecule has 0 fully saturated rings. The quantitative estimate of drug-likeness (QED) is 0.851. The molecule has 0 bridgehead atoms. The number of nitrogens with two attached hydrogens (primary N) is 1. The zero-order chi connectivity index (χ0) is 12.8. The number of hydrogen-bond donors (Lipinski definition) is 1. The van der Waals surface area contributed by atoms with E-state index in [4.69, 9.17) is 14.9 Å². The maximum atomic E-state index is 6.04. The molecule has 0 spiro atoms. The summed E-state index contributed by atoms with van der Waals surface area (Å²) in [5.41, 5.74) is 8.38. The predicted molar refractivity (Wildman–Crippen MR) is 71.7 cm³/mol. The molecule has 0 aliphatic carbocycles. The first-order valence-corrected chi connectivity index (χ1v) is 6.20. The van der Waals surface area contributed by atoms with Gasteiger partial charge in [0.15, 0.2) is 0 Å². The summed E-state index contributed by atoms with van der Waals surface area (Å²) in [6.45, 7) is 2.69. The first kappa shape index (κ1) is 12.7. The molecule has 0 aliphatic rings. The summed E-state index contributed by atoms with van der Waals surface area (Å²) in [6.07, 6.45) is 5.07. The van der Waals surface area contributed by atoms with Crippen LogP contribution in [-0.2, 0) is 6.42 Å². The van der Waals surface area contributed by atoms with Crippen LogP contribution in [0.2, 0.25) is 0 Å². The summed E-state index contributed by atoms with van der Waals surface area (Å²) in [5, 5.41) is 0. The van der Waals surface area contributed by atoms with Crippen molar-refractivity contribution in [3.63, 3.8) is 0 Å². The first-order valence-electron chi connectivity index (χ1n) is 6.20. The van der Waals surface area contributed by atoms with Crippen LogP contribution in [0.5, 0.6) is 5.75 Å². The van der Waals surface area contributed by atoms with E-state index in [2.05, 4.69) is 13.0 Å². The Morgan fingerprint density at radius 3 is 2.94 bits per heavy atom. The van der Waals surface area contributed by atoms with Crippen LogP contribution in [0.1, 0.15) is 17.5 Å². The van der Waals surface area contributed by atoms with Crippen molar-refractivity contribution in [3.8, 4) is 5.75 Å². The van der Waals surface area contributed by atoms with Crippen LogP contribution in [0.3, 0.4) is 0 Å². The molecule has 0 saturated carbocycles. The van der Waals surface area contributed by atoms with Gasteiger partial charge in [0, 0.05) is 6.04 Å². The molecule has 3 nitrogen and oxygen atoms in total. The first-order chi connectivity index (χ1) is 8.74. The Morgan fingerprint density at radius 1 is 1.33 bits per heavy atom. The second-order valence-electron chi connectivity index (χ2n) is 4.55.